The second-order valence-electron chi connectivity index (χ2n) is 20.9. The lowest BCUT2D eigenvalue weighted by atomic mass is 10.1. The molecule has 0 radical (unpaired) electrons. The smallest absolute Gasteiger partial charge is 0.306 e. The van der Waals surface area contributed by atoms with Crippen LogP contribution in [-0.4, -0.2) is 37.2 Å². The van der Waals surface area contributed by atoms with Crippen molar-refractivity contribution in [3.05, 3.63) is 134 Å². The van der Waals surface area contributed by atoms with E-state index >= 15 is 0 Å². The second kappa shape index (κ2) is 65.1. The zero-order valence-corrected chi connectivity index (χ0v) is 50.6. The topological polar surface area (TPSA) is 78.9 Å². The van der Waals surface area contributed by atoms with Crippen molar-refractivity contribution in [1.82, 2.24) is 0 Å². The maximum atomic E-state index is 12.9. The van der Waals surface area contributed by atoms with E-state index < -0.39 is 6.10 Å². The Morgan fingerprint density at radius 3 is 0.821 bits per heavy atom. The van der Waals surface area contributed by atoms with Crippen LogP contribution in [0.2, 0.25) is 0 Å². The molecule has 6 nitrogen and oxygen atoms in total. The Morgan fingerprint density at radius 2 is 0.500 bits per heavy atom. The highest BCUT2D eigenvalue weighted by Gasteiger charge is 2.19. The normalized spacial score (nSPS) is 13.0. The van der Waals surface area contributed by atoms with Gasteiger partial charge in [0.05, 0.1) is 0 Å². The molecule has 1 atom stereocenters. The van der Waals surface area contributed by atoms with E-state index in [0.29, 0.717) is 25.7 Å². The largest absolute Gasteiger partial charge is 0.462 e. The van der Waals surface area contributed by atoms with Crippen molar-refractivity contribution >= 4 is 17.9 Å². The van der Waals surface area contributed by atoms with Crippen molar-refractivity contribution in [3.8, 4) is 0 Å². The minimum atomic E-state index is -0.800. The minimum Gasteiger partial charge on any atom is -0.462 e. The van der Waals surface area contributed by atoms with Crippen LogP contribution in [0.15, 0.2) is 134 Å². The maximum Gasteiger partial charge on any atom is 0.306 e. The van der Waals surface area contributed by atoms with Gasteiger partial charge in [0.25, 0.3) is 0 Å². The molecule has 0 aliphatic heterocycles. The van der Waals surface area contributed by atoms with E-state index in [1.807, 2.05) is 0 Å². The zero-order valence-electron chi connectivity index (χ0n) is 50.6. The molecule has 6 heteroatoms. The van der Waals surface area contributed by atoms with Gasteiger partial charge in [0.15, 0.2) is 6.10 Å². The van der Waals surface area contributed by atoms with Gasteiger partial charge in [0, 0.05) is 19.3 Å². The monoisotopic (exact) mass is 1080 g/mol. The van der Waals surface area contributed by atoms with Gasteiger partial charge in [-0.3, -0.25) is 14.4 Å². The third kappa shape index (κ3) is 62.4. The van der Waals surface area contributed by atoms with Gasteiger partial charge in [-0.05, 0) is 122 Å². The standard InChI is InChI=1S/C72H118O6/c1-4-7-10-13-16-19-21-23-25-27-29-30-31-32-33-34-35-36-37-38-39-40-41-42-43-45-46-48-50-53-56-59-62-65-71(74)77-68-69(67-76-70(73)64-61-58-55-52-18-15-12-9-6-3)78-72(75)66-63-60-57-54-51-49-47-44-28-26-24-22-20-17-14-11-8-5-2/h7,10,16,19,23,25-26,28-30,32-33,35-36,38-39,41-42,45-46,50,53,69H,4-6,8-9,11-15,17-18,20-22,24,27,31,34,37,40,43-44,47-49,51-52,54-68H2,1-3H3/b10-7-,19-16-,25-23-,28-26-,30-29-,33-32-,36-35-,39-38-,42-41-,46-45-,53-50-. The van der Waals surface area contributed by atoms with Gasteiger partial charge >= 0.3 is 17.9 Å². The van der Waals surface area contributed by atoms with Gasteiger partial charge in [-0.25, -0.2) is 0 Å². The molecule has 0 bridgehead atoms. The predicted molar refractivity (Wildman–Crippen MR) is 339 cm³/mol. The molecule has 0 amide bonds. The summed E-state index contributed by atoms with van der Waals surface area (Å²) in [7, 11) is 0. The van der Waals surface area contributed by atoms with Crippen LogP contribution >= 0.6 is 0 Å². The second-order valence-corrected chi connectivity index (χ2v) is 20.9. The van der Waals surface area contributed by atoms with E-state index in [1.54, 1.807) is 0 Å². The first kappa shape index (κ1) is 73.5. The first-order valence-electron chi connectivity index (χ1n) is 32.2. The third-order valence-corrected chi connectivity index (χ3v) is 13.4. The predicted octanol–water partition coefficient (Wildman–Crippen LogP) is 22.2. The molecule has 0 aromatic heterocycles. The van der Waals surface area contributed by atoms with Crippen molar-refractivity contribution in [3.63, 3.8) is 0 Å². The van der Waals surface area contributed by atoms with E-state index in [1.165, 1.54) is 122 Å². The van der Waals surface area contributed by atoms with Crippen molar-refractivity contribution in [2.75, 3.05) is 13.2 Å². The fourth-order valence-corrected chi connectivity index (χ4v) is 8.58. The highest BCUT2D eigenvalue weighted by molar-refractivity contribution is 5.71. The molecule has 0 aliphatic rings. The molecule has 0 aromatic carbocycles. The van der Waals surface area contributed by atoms with Crippen LogP contribution in [0.4, 0.5) is 0 Å². The van der Waals surface area contributed by atoms with Crippen molar-refractivity contribution in [2.24, 2.45) is 0 Å². The molecule has 442 valence electrons. The van der Waals surface area contributed by atoms with E-state index in [-0.39, 0.29) is 31.1 Å². The van der Waals surface area contributed by atoms with Gasteiger partial charge in [-0.1, -0.05) is 276 Å². The van der Waals surface area contributed by atoms with Crippen LogP contribution in [0.3, 0.4) is 0 Å². The Balaban J connectivity index is 4.31. The molecular weight excluding hydrogens is 961 g/mol. The quantitative estimate of drug-likeness (QED) is 0.0261. The van der Waals surface area contributed by atoms with Gasteiger partial charge in [-0.2, -0.15) is 0 Å². The summed E-state index contributed by atoms with van der Waals surface area (Å²) in [5.74, 6) is -0.946. The molecule has 1 unspecified atom stereocenters. The Hall–Kier alpha value is -4.45. The highest BCUT2D eigenvalue weighted by Crippen LogP contribution is 2.15. The molecule has 0 aliphatic carbocycles. The van der Waals surface area contributed by atoms with Crippen molar-refractivity contribution in [1.29, 1.82) is 0 Å². The summed E-state index contributed by atoms with van der Waals surface area (Å²) in [6.07, 6.45) is 91.9. The van der Waals surface area contributed by atoms with E-state index in [9.17, 15) is 14.4 Å². The third-order valence-electron chi connectivity index (χ3n) is 13.4. The van der Waals surface area contributed by atoms with Gasteiger partial charge in [0.2, 0.25) is 0 Å². The lowest BCUT2D eigenvalue weighted by molar-refractivity contribution is -0.167. The summed E-state index contributed by atoms with van der Waals surface area (Å²) in [5.41, 5.74) is 0. The summed E-state index contributed by atoms with van der Waals surface area (Å²) in [6.45, 7) is 6.47. The molecule has 0 heterocycles. The summed E-state index contributed by atoms with van der Waals surface area (Å²) in [6, 6.07) is 0. The average molecular weight is 1080 g/mol. The SMILES string of the molecule is CC/C=C\C/C=C\C/C=C\C/C=C\C/C=C\C/C=C\C/C=C\C/C=C\C/C=C\C/C=C\CCCCC(=O)OCC(COC(=O)CCCCCCCCCCC)OC(=O)CCCCCCCCC/C=C\CCCCCCCCC. The van der Waals surface area contributed by atoms with Crippen LogP contribution in [-0.2, 0) is 28.6 Å². The molecule has 0 fully saturated rings. The maximum absolute atomic E-state index is 12.9. The Labute approximate surface area is 481 Å². The van der Waals surface area contributed by atoms with Crippen LogP contribution in [0.1, 0.15) is 284 Å². The summed E-state index contributed by atoms with van der Waals surface area (Å²) < 4.78 is 16.8. The van der Waals surface area contributed by atoms with Crippen LogP contribution in [0.25, 0.3) is 0 Å². The zero-order chi connectivity index (χ0) is 56.4. The van der Waals surface area contributed by atoms with Crippen LogP contribution < -0.4 is 0 Å². The molecule has 78 heavy (non-hydrogen) atoms. The number of carbonyl (C=O) groups is 3. The van der Waals surface area contributed by atoms with E-state index in [4.69, 9.17) is 14.2 Å². The Kier molecular flexibility index (Phi) is 61.4. The van der Waals surface area contributed by atoms with Crippen LogP contribution in [0.5, 0.6) is 0 Å². The number of hydrogen-bond donors (Lipinski definition) is 0. The van der Waals surface area contributed by atoms with Crippen molar-refractivity contribution in [2.45, 2.75) is 290 Å². The molecular formula is C72H118O6. The molecule has 0 saturated carbocycles. The number of allylic oxidation sites excluding steroid dienone is 22. The highest BCUT2D eigenvalue weighted by atomic mass is 16.6. The fourth-order valence-electron chi connectivity index (χ4n) is 8.58. The minimum absolute atomic E-state index is 0.0945. The molecule has 0 spiro atoms. The number of ether oxygens (including phenoxy) is 3. The molecule has 0 rings (SSSR count). The molecule has 0 saturated heterocycles. The summed E-state index contributed by atoms with van der Waals surface area (Å²) in [4.78, 5) is 38.1. The Morgan fingerprint density at radius 1 is 0.269 bits per heavy atom. The first-order chi connectivity index (χ1) is 38.5. The number of hydrogen-bond acceptors (Lipinski definition) is 6. The molecule has 0 N–H and O–H groups in total. The number of esters is 3. The van der Waals surface area contributed by atoms with Crippen molar-refractivity contribution < 1.29 is 28.6 Å². The van der Waals surface area contributed by atoms with Gasteiger partial charge in [0.1, 0.15) is 13.2 Å². The summed E-state index contributed by atoms with van der Waals surface area (Å²) in [5, 5.41) is 0. The lowest BCUT2D eigenvalue weighted by Gasteiger charge is -2.18. The van der Waals surface area contributed by atoms with E-state index in [0.717, 1.165) is 116 Å². The van der Waals surface area contributed by atoms with Gasteiger partial charge in [-0.15, -0.1) is 0 Å². The number of carbonyl (C=O) groups excluding carboxylic acids is 3. The lowest BCUT2D eigenvalue weighted by Crippen LogP contribution is -2.30. The van der Waals surface area contributed by atoms with E-state index in [2.05, 4.69) is 154 Å². The fraction of sp³-hybridized carbons (Fsp3) is 0.653. The summed E-state index contributed by atoms with van der Waals surface area (Å²) >= 11 is 0. The van der Waals surface area contributed by atoms with Crippen LogP contribution in [0, 0.1) is 0 Å². The molecule has 0 aromatic rings. The number of rotatable bonds is 57. The first-order valence-corrected chi connectivity index (χ1v) is 32.2. The Bertz CT molecular complexity index is 1670. The average Bonchev–Trinajstić information content (AvgIpc) is 3.44. The van der Waals surface area contributed by atoms with Gasteiger partial charge < -0.3 is 14.2 Å². The number of unbranched alkanes of at least 4 members (excludes halogenated alkanes) is 24.